The number of esters is 3. The largest absolute Gasteiger partial charge is 0.462 e. The molecule has 392 valence electrons. The summed E-state index contributed by atoms with van der Waals surface area (Å²) in [4.78, 5) is 38.1. The zero-order valence-electron chi connectivity index (χ0n) is 45.3. The fourth-order valence-corrected chi connectivity index (χ4v) is 9.20. The minimum atomic E-state index is -0.763. The normalized spacial score (nSPS) is 12.5. The van der Waals surface area contributed by atoms with E-state index in [0.29, 0.717) is 19.3 Å². The van der Waals surface area contributed by atoms with E-state index in [1.54, 1.807) is 0 Å². The first kappa shape index (κ1) is 64.4. The van der Waals surface area contributed by atoms with Crippen molar-refractivity contribution >= 4 is 17.9 Å². The molecule has 0 aliphatic heterocycles. The smallest absolute Gasteiger partial charge is 0.306 e. The van der Waals surface area contributed by atoms with Crippen LogP contribution in [0.2, 0.25) is 0 Å². The fourth-order valence-electron chi connectivity index (χ4n) is 9.20. The van der Waals surface area contributed by atoms with Crippen molar-refractivity contribution in [3.63, 3.8) is 0 Å². The average Bonchev–Trinajstić information content (AvgIpc) is 3.30. The second kappa shape index (κ2) is 52.8. The van der Waals surface area contributed by atoms with E-state index in [-0.39, 0.29) is 31.1 Å². The molecule has 0 N–H and O–H groups in total. The predicted octanol–water partition coefficient (Wildman–Crippen LogP) is 19.7. The summed E-state index contributed by atoms with van der Waals surface area (Å²) in [7, 11) is 0. The van der Waals surface area contributed by atoms with Crippen molar-refractivity contribution in [2.45, 2.75) is 343 Å². The van der Waals surface area contributed by atoms with Gasteiger partial charge < -0.3 is 14.2 Å². The first-order valence-electron chi connectivity index (χ1n) is 29.8. The van der Waals surface area contributed by atoms with Gasteiger partial charge in [-0.3, -0.25) is 14.4 Å². The van der Waals surface area contributed by atoms with Gasteiger partial charge in [-0.05, 0) is 31.1 Å². The molecule has 6 nitrogen and oxygen atoms in total. The van der Waals surface area contributed by atoms with Gasteiger partial charge in [-0.25, -0.2) is 0 Å². The molecular weight excluding hydrogens is 817 g/mol. The van der Waals surface area contributed by atoms with E-state index in [0.717, 1.165) is 69.6 Å². The van der Waals surface area contributed by atoms with Crippen LogP contribution in [-0.2, 0) is 28.6 Å². The Balaban J connectivity index is 4.24. The number of unbranched alkanes of at least 4 members (excludes halogenated alkanes) is 38. The Kier molecular flexibility index (Phi) is 51.5. The molecule has 2 atom stereocenters. The lowest BCUT2D eigenvalue weighted by molar-refractivity contribution is -0.167. The van der Waals surface area contributed by atoms with Crippen molar-refractivity contribution < 1.29 is 28.6 Å². The number of hydrogen-bond acceptors (Lipinski definition) is 6. The third kappa shape index (κ3) is 51.8. The van der Waals surface area contributed by atoms with Crippen LogP contribution in [0.15, 0.2) is 0 Å². The van der Waals surface area contributed by atoms with Crippen LogP contribution in [0.3, 0.4) is 0 Å². The quantitative estimate of drug-likeness (QED) is 0.0343. The summed E-state index contributed by atoms with van der Waals surface area (Å²) < 4.78 is 16.9. The molecular formula is C60H116O6. The lowest BCUT2D eigenvalue weighted by Gasteiger charge is -2.18. The molecule has 0 radical (unpaired) electrons. The SMILES string of the molecule is CCCCCCCCCCCCCCCC(=O)OC[C@H](COC(=O)CCCCCCCCCCCCC(C)C)OC(=O)CCCCCCCCCCCCCCCCCCCCC(C)CC. The van der Waals surface area contributed by atoms with Gasteiger partial charge in [0, 0.05) is 19.3 Å². The van der Waals surface area contributed by atoms with E-state index in [2.05, 4.69) is 34.6 Å². The first-order chi connectivity index (χ1) is 32.3. The van der Waals surface area contributed by atoms with Gasteiger partial charge in [-0.1, -0.05) is 298 Å². The van der Waals surface area contributed by atoms with Crippen molar-refractivity contribution in [2.75, 3.05) is 13.2 Å². The van der Waals surface area contributed by atoms with Gasteiger partial charge in [0.15, 0.2) is 6.10 Å². The molecule has 0 aromatic carbocycles. The molecule has 0 aliphatic rings. The molecule has 0 bridgehead atoms. The highest BCUT2D eigenvalue weighted by atomic mass is 16.6. The van der Waals surface area contributed by atoms with Gasteiger partial charge in [0.2, 0.25) is 0 Å². The van der Waals surface area contributed by atoms with Crippen LogP contribution in [0.5, 0.6) is 0 Å². The van der Waals surface area contributed by atoms with E-state index in [1.165, 1.54) is 225 Å². The van der Waals surface area contributed by atoms with Crippen molar-refractivity contribution in [2.24, 2.45) is 11.8 Å². The minimum absolute atomic E-state index is 0.0626. The average molecular weight is 934 g/mol. The molecule has 0 amide bonds. The summed E-state index contributed by atoms with van der Waals surface area (Å²) in [5.74, 6) is 0.889. The first-order valence-corrected chi connectivity index (χ1v) is 29.8. The minimum Gasteiger partial charge on any atom is -0.462 e. The molecule has 0 spiro atoms. The van der Waals surface area contributed by atoms with Gasteiger partial charge in [0.05, 0.1) is 0 Å². The van der Waals surface area contributed by atoms with Crippen molar-refractivity contribution in [3.8, 4) is 0 Å². The van der Waals surface area contributed by atoms with Crippen LogP contribution >= 0.6 is 0 Å². The number of carbonyl (C=O) groups is 3. The van der Waals surface area contributed by atoms with Gasteiger partial charge in [0.1, 0.15) is 13.2 Å². The van der Waals surface area contributed by atoms with Crippen molar-refractivity contribution in [3.05, 3.63) is 0 Å². The summed E-state index contributed by atoms with van der Waals surface area (Å²) in [6.07, 6.45) is 56.6. The molecule has 0 aliphatic carbocycles. The molecule has 0 fully saturated rings. The third-order valence-corrected chi connectivity index (χ3v) is 14.1. The van der Waals surface area contributed by atoms with Crippen molar-refractivity contribution in [1.82, 2.24) is 0 Å². The molecule has 0 aromatic heterocycles. The Hall–Kier alpha value is -1.59. The monoisotopic (exact) mass is 933 g/mol. The van der Waals surface area contributed by atoms with Crippen LogP contribution in [0, 0.1) is 11.8 Å². The highest BCUT2D eigenvalue weighted by Gasteiger charge is 2.19. The maximum atomic E-state index is 12.9. The Bertz CT molecular complexity index is 1010. The van der Waals surface area contributed by atoms with Gasteiger partial charge in [-0.2, -0.15) is 0 Å². The second-order valence-corrected chi connectivity index (χ2v) is 21.4. The Morgan fingerprint density at radius 1 is 0.318 bits per heavy atom. The van der Waals surface area contributed by atoms with Crippen LogP contribution in [0.1, 0.15) is 336 Å². The van der Waals surface area contributed by atoms with E-state index >= 15 is 0 Å². The molecule has 66 heavy (non-hydrogen) atoms. The Labute approximate surface area is 412 Å². The maximum Gasteiger partial charge on any atom is 0.306 e. The van der Waals surface area contributed by atoms with Crippen molar-refractivity contribution in [1.29, 1.82) is 0 Å². The Morgan fingerprint density at radius 2 is 0.576 bits per heavy atom. The number of hydrogen-bond donors (Lipinski definition) is 0. The molecule has 0 rings (SSSR count). The predicted molar refractivity (Wildman–Crippen MR) is 284 cm³/mol. The van der Waals surface area contributed by atoms with Gasteiger partial charge >= 0.3 is 17.9 Å². The zero-order chi connectivity index (χ0) is 48.2. The van der Waals surface area contributed by atoms with Crippen LogP contribution in [0.4, 0.5) is 0 Å². The zero-order valence-corrected chi connectivity index (χ0v) is 45.3. The topological polar surface area (TPSA) is 78.9 Å². The van der Waals surface area contributed by atoms with Crippen LogP contribution in [-0.4, -0.2) is 37.2 Å². The van der Waals surface area contributed by atoms with Crippen LogP contribution < -0.4 is 0 Å². The summed E-state index contributed by atoms with van der Waals surface area (Å²) in [6.45, 7) is 11.4. The maximum absolute atomic E-state index is 12.9. The Morgan fingerprint density at radius 3 is 0.864 bits per heavy atom. The second-order valence-electron chi connectivity index (χ2n) is 21.4. The van der Waals surface area contributed by atoms with Gasteiger partial charge in [0.25, 0.3) is 0 Å². The fraction of sp³-hybridized carbons (Fsp3) is 0.950. The van der Waals surface area contributed by atoms with E-state index in [1.807, 2.05) is 0 Å². The third-order valence-electron chi connectivity index (χ3n) is 14.1. The number of ether oxygens (including phenoxy) is 3. The molecule has 0 heterocycles. The summed E-state index contributed by atoms with van der Waals surface area (Å²) in [6, 6.07) is 0. The lowest BCUT2D eigenvalue weighted by Crippen LogP contribution is -2.30. The van der Waals surface area contributed by atoms with Gasteiger partial charge in [-0.15, -0.1) is 0 Å². The highest BCUT2D eigenvalue weighted by molar-refractivity contribution is 5.71. The highest BCUT2D eigenvalue weighted by Crippen LogP contribution is 2.19. The van der Waals surface area contributed by atoms with Crippen LogP contribution in [0.25, 0.3) is 0 Å². The number of carbonyl (C=O) groups excluding carboxylic acids is 3. The molecule has 0 saturated carbocycles. The molecule has 0 saturated heterocycles. The molecule has 6 heteroatoms. The van der Waals surface area contributed by atoms with E-state index in [4.69, 9.17) is 14.2 Å². The summed E-state index contributed by atoms with van der Waals surface area (Å²) >= 11 is 0. The van der Waals surface area contributed by atoms with E-state index < -0.39 is 6.10 Å². The number of rotatable bonds is 54. The molecule has 0 aromatic rings. The molecule has 1 unspecified atom stereocenters. The van der Waals surface area contributed by atoms with E-state index in [9.17, 15) is 14.4 Å². The summed E-state index contributed by atoms with van der Waals surface area (Å²) in [5, 5.41) is 0. The summed E-state index contributed by atoms with van der Waals surface area (Å²) in [5.41, 5.74) is 0. The standard InChI is InChI=1S/C60H116O6/c1-6-8-9-10-11-12-13-20-24-30-35-40-45-50-58(61)64-53-57(54-65-59(62)51-46-41-36-31-27-26-28-33-38-43-48-55(3)4)66-60(63)52-47-42-37-32-25-22-19-17-15-14-16-18-21-23-29-34-39-44-49-56(5)7-2/h55-57H,6-54H2,1-5H3/t56?,57-/m1/s1. The lowest BCUT2D eigenvalue weighted by atomic mass is 9.99.